The number of halogens is 2. The molecule has 0 fully saturated rings. The van der Waals surface area contributed by atoms with E-state index < -0.39 is 5.97 Å². The van der Waals surface area contributed by atoms with Gasteiger partial charge in [-0.1, -0.05) is 44.0 Å². The third-order valence-electron chi connectivity index (χ3n) is 2.54. The van der Waals surface area contributed by atoms with Crippen molar-refractivity contribution >= 4 is 40.5 Å². The number of aromatic nitrogens is 2. The lowest BCUT2D eigenvalue weighted by Crippen LogP contribution is -2.16. The molecule has 2 rings (SSSR count). The number of carbonyl (C=O) groups is 1. The molecule has 7 heteroatoms. The SMILES string of the molecule is CC(C)(C)c1nc(-c2ncc(Cl)cc2Cl)sc1C(=O)O. The summed E-state index contributed by atoms with van der Waals surface area (Å²) in [5, 5.41) is 10.6. The Morgan fingerprint density at radius 1 is 1.35 bits per heavy atom. The van der Waals surface area contributed by atoms with Crippen LogP contribution in [-0.4, -0.2) is 21.0 Å². The second kappa shape index (κ2) is 5.31. The van der Waals surface area contributed by atoms with Gasteiger partial charge in [0.15, 0.2) is 0 Å². The average Bonchev–Trinajstić information content (AvgIpc) is 2.73. The predicted octanol–water partition coefficient (Wildman–Crippen LogP) is 4.51. The molecule has 1 N–H and O–H groups in total. The fourth-order valence-corrected chi connectivity index (χ4v) is 3.30. The summed E-state index contributed by atoms with van der Waals surface area (Å²) in [6.45, 7) is 5.74. The highest BCUT2D eigenvalue weighted by atomic mass is 35.5. The van der Waals surface area contributed by atoms with E-state index in [1.54, 1.807) is 6.07 Å². The van der Waals surface area contributed by atoms with Crippen molar-refractivity contribution in [2.24, 2.45) is 0 Å². The van der Waals surface area contributed by atoms with Gasteiger partial charge in [-0.05, 0) is 6.07 Å². The first-order chi connectivity index (χ1) is 9.20. The van der Waals surface area contributed by atoms with E-state index in [0.29, 0.717) is 26.4 Å². The van der Waals surface area contributed by atoms with Gasteiger partial charge < -0.3 is 5.11 Å². The van der Waals surface area contributed by atoms with Gasteiger partial charge in [-0.3, -0.25) is 4.98 Å². The minimum Gasteiger partial charge on any atom is -0.477 e. The Hall–Kier alpha value is -1.17. The van der Waals surface area contributed by atoms with Crippen molar-refractivity contribution in [1.82, 2.24) is 9.97 Å². The number of carboxylic acid groups (broad SMARTS) is 1. The summed E-state index contributed by atoms with van der Waals surface area (Å²) >= 11 is 13.0. The first kappa shape index (κ1) is 15.2. The summed E-state index contributed by atoms with van der Waals surface area (Å²) in [5.74, 6) is -0.997. The highest BCUT2D eigenvalue weighted by molar-refractivity contribution is 7.17. The van der Waals surface area contributed by atoms with Gasteiger partial charge in [0.25, 0.3) is 0 Å². The zero-order valence-corrected chi connectivity index (χ0v) is 13.4. The quantitative estimate of drug-likeness (QED) is 0.879. The number of rotatable bonds is 2. The molecule has 20 heavy (non-hydrogen) atoms. The van der Waals surface area contributed by atoms with E-state index >= 15 is 0 Å². The summed E-state index contributed by atoms with van der Waals surface area (Å²) in [6, 6.07) is 1.56. The zero-order valence-electron chi connectivity index (χ0n) is 11.1. The fraction of sp³-hybridized carbons (Fsp3) is 0.308. The van der Waals surface area contributed by atoms with Crippen LogP contribution in [0.4, 0.5) is 0 Å². The summed E-state index contributed by atoms with van der Waals surface area (Å²) in [6.07, 6.45) is 1.46. The average molecular weight is 331 g/mol. The van der Waals surface area contributed by atoms with Gasteiger partial charge in [0, 0.05) is 11.6 Å². The first-order valence-corrected chi connectivity index (χ1v) is 7.33. The normalized spacial score (nSPS) is 11.7. The number of pyridine rings is 1. The Morgan fingerprint density at radius 2 is 2.00 bits per heavy atom. The predicted molar refractivity (Wildman–Crippen MR) is 81.0 cm³/mol. The van der Waals surface area contributed by atoms with Crippen LogP contribution in [0.1, 0.15) is 36.1 Å². The number of aromatic carboxylic acids is 1. The smallest absolute Gasteiger partial charge is 0.347 e. The second-order valence-electron chi connectivity index (χ2n) is 5.24. The molecular weight excluding hydrogens is 319 g/mol. The Balaban J connectivity index is 2.62. The Bertz CT molecular complexity index is 677. The summed E-state index contributed by atoms with van der Waals surface area (Å²) < 4.78 is 0. The molecule has 0 aromatic carbocycles. The van der Waals surface area contributed by atoms with Crippen LogP contribution < -0.4 is 0 Å². The maximum Gasteiger partial charge on any atom is 0.347 e. The zero-order chi connectivity index (χ0) is 15.1. The molecule has 0 aliphatic rings. The lowest BCUT2D eigenvalue weighted by atomic mass is 9.91. The van der Waals surface area contributed by atoms with Gasteiger partial charge in [0.05, 0.1) is 15.7 Å². The molecular formula is C13H12Cl2N2O2S. The number of thiazole rings is 1. The van der Waals surface area contributed by atoms with E-state index in [1.165, 1.54) is 6.20 Å². The number of hydrogen-bond acceptors (Lipinski definition) is 4. The van der Waals surface area contributed by atoms with Crippen LogP contribution in [0.25, 0.3) is 10.7 Å². The van der Waals surface area contributed by atoms with Gasteiger partial charge in [0.1, 0.15) is 15.6 Å². The Labute approximate surface area is 130 Å². The summed E-state index contributed by atoms with van der Waals surface area (Å²) in [7, 11) is 0. The van der Waals surface area contributed by atoms with Crippen molar-refractivity contribution in [1.29, 1.82) is 0 Å². The van der Waals surface area contributed by atoms with Crippen molar-refractivity contribution in [3.05, 3.63) is 32.9 Å². The van der Waals surface area contributed by atoms with E-state index in [1.807, 2.05) is 20.8 Å². The molecule has 2 aromatic heterocycles. The standard InChI is InChI=1S/C13H12Cl2N2O2S/c1-13(2,3)10-9(12(18)19)20-11(17-10)8-7(15)4-6(14)5-16-8/h4-5H,1-3H3,(H,18,19). The van der Waals surface area contributed by atoms with Crippen LogP contribution >= 0.6 is 34.5 Å². The number of nitrogens with zero attached hydrogens (tertiary/aromatic N) is 2. The molecule has 0 spiro atoms. The van der Waals surface area contributed by atoms with Crippen molar-refractivity contribution in [3.63, 3.8) is 0 Å². The van der Waals surface area contributed by atoms with Crippen LogP contribution in [0, 0.1) is 0 Å². The Kier molecular flexibility index (Phi) is 4.04. The van der Waals surface area contributed by atoms with Crippen molar-refractivity contribution < 1.29 is 9.90 Å². The third kappa shape index (κ3) is 2.95. The van der Waals surface area contributed by atoms with Crippen molar-refractivity contribution in [3.8, 4) is 10.7 Å². The summed E-state index contributed by atoms with van der Waals surface area (Å²) in [5.41, 5.74) is 0.596. The topological polar surface area (TPSA) is 63.1 Å². The van der Waals surface area contributed by atoms with Crippen molar-refractivity contribution in [2.45, 2.75) is 26.2 Å². The molecule has 0 amide bonds. The van der Waals surface area contributed by atoms with E-state index in [-0.39, 0.29) is 10.3 Å². The molecule has 106 valence electrons. The second-order valence-corrected chi connectivity index (χ2v) is 7.08. The van der Waals surface area contributed by atoms with Crippen molar-refractivity contribution in [2.75, 3.05) is 0 Å². The van der Waals surface area contributed by atoms with E-state index in [0.717, 1.165) is 11.3 Å². The molecule has 0 saturated heterocycles. The lowest BCUT2D eigenvalue weighted by Gasteiger charge is -2.15. The maximum absolute atomic E-state index is 11.3. The van der Waals surface area contributed by atoms with E-state index in [9.17, 15) is 9.90 Å². The van der Waals surface area contributed by atoms with Crippen LogP contribution in [-0.2, 0) is 5.41 Å². The molecule has 0 radical (unpaired) electrons. The van der Waals surface area contributed by atoms with E-state index in [4.69, 9.17) is 23.2 Å². The lowest BCUT2D eigenvalue weighted by molar-refractivity contribution is 0.0699. The van der Waals surface area contributed by atoms with Gasteiger partial charge in [-0.2, -0.15) is 0 Å². The molecule has 2 aromatic rings. The Morgan fingerprint density at radius 3 is 2.45 bits per heavy atom. The van der Waals surface area contributed by atoms with E-state index in [2.05, 4.69) is 9.97 Å². The first-order valence-electron chi connectivity index (χ1n) is 5.76. The van der Waals surface area contributed by atoms with Crippen LogP contribution in [0.3, 0.4) is 0 Å². The van der Waals surface area contributed by atoms with Crippen LogP contribution in [0.5, 0.6) is 0 Å². The molecule has 0 saturated carbocycles. The van der Waals surface area contributed by atoms with Gasteiger partial charge in [0.2, 0.25) is 0 Å². The third-order valence-corrected chi connectivity index (χ3v) is 4.09. The largest absolute Gasteiger partial charge is 0.477 e. The van der Waals surface area contributed by atoms with Crippen LogP contribution in [0.15, 0.2) is 12.3 Å². The minimum absolute atomic E-state index is 0.209. The maximum atomic E-state index is 11.3. The highest BCUT2D eigenvalue weighted by Gasteiger charge is 2.28. The van der Waals surface area contributed by atoms with Gasteiger partial charge in [-0.15, -0.1) is 11.3 Å². The highest BCUT2D eigenvalue weighted by Crippen LogP contribution is 2.36. The fourth-order valence-electron chi connectivity index (χ4n) is 1.65. The molecule has 2 heterocycles. The molecule has 0 bridgehead atoms. The number of carboxylic acids is 1. The molecule has 0 unspecified atom stereocenters. The van der Waals surface area contributed by atoms with Gasteiger partial charge >= 0.3 is 5.97 Å². The summed E-state index contributed by atoms with van der Waals surface area (Å²) in [4.78, 5) is 20.1. The molecule has 0 atom stereocenters. The van der Waals surface area contributed by atoms with Crippen LogP contribution in [0.2, 0.25) is 10.0 Å². The minimum atomic E-state index is -0.997. The number of hydrogen-bond donors (Lipinski definition) is 1. The molecule has 0 aliphatic carbocycles. The molecule has 4 nitrogen and oxygen atoms in total. The molecule has 0 aliphatic heterocycles. The monoisotopic (exact) mass is 330 g/mol. The van der Waals surface area contributed by atoms with Gasteiger partial charge in [-0.25, -0.2) is 9.78 Å².